The van der Waals surface area contributed by atoms with Gasteiger partial charge in [0.2, 0.25) is 0 Å². The van der Waals surface area contributed by atoms with E-state index in [-0.39, 0.29) is 17.6 Å². The number of hydrogen-bond acceptors (Lipinski definition) is 4. The van der Waals surface area contributed by atoms with Gasteiger partial charge in [-0.1, -0.05) is 24.3 Å². The summed E-state index contributed by atoms with van der Waals surface area (Å²) in [7, 11) is 1.46. The van der Waals surface area contributed by atoms with Gasteiger partial charge in [-0.3, -0.25) is 0 Å². The number of aromatic amines is 1. The van der Waals surface area contributed by atoms with E-state index in [1.165, 1.54) is 13.2 Å². The maximum atomic E-state index is 14.3. The van der Waals surface area contributed by atoms with Gasteiger partial charge in [-0.25, -0.2) is 4.39 Å². The number of H-pyrrole nitrogens is 1. The predicted octanol–water partition coefficient (Wildman–Crippen LogP) is 4.29. The lowest BCUT2D eigenvalue weighted by Crippen LogP contribution is -2.11. The highest BCUT2D eigenvalue weighted by atomic mass is 19.1. The Hall–Kier alpha value is -3.41. The number of ether oxygens (including phenoxy) is 1. The number of benzene rings is 2. The van der Waals surface area contributed by atoms with Crippen molar-refractivity contribution in [1.29, 1.82) is 0 Å². The molecular formula is C20H15FN4O. The molecule has 4 aromatic rings. The van der Waals surface area contributed by atoms with Gasteiger partial charge in [0, 0.05) is 34.0 Å². The molecule has 0 saturated heterocycles. The zero-order valence-electron chi connectivity index (χ0n) is 14.0. The molecular weight excluding hydrogens is 331 g/mol. The van der Waals surface area contributed by atoms with Crippen molar-refractivity contribution in [3.8, 4) is 16.9 Å². The van der Waals surface area contributed by atoms with E-state index in [1.54, 1.807) is 12.3 Å². The zero-order chi connectivity index (χ0) is 17.7. The molecule has 0 aliphatic carbocycles. The molecule has 2 aromatic heterocycles. The summed E-state index contributed by atoms with van der Waals surface area (Å²) < 4.78 is 19.4. The molecule has 0 bridgehead atoms. The van der Waals surface area contributed by atoms with E-state index in [0.717, 1.165) is 39.0 Å². The van der Waals surface area contributed by atoms with Gasteiger partial charge < -0.3 is 15.0 Å². The Morgan fingerprint density at radius 1 is 1.12 bits per heavy atom. The van der Waals surface area contributed by atoms with Gasteiger partial charge in [0.15, 0.2) is 17.2 Å². The Balaban J connectivity index is 1.79. The lowest BCUT2D eigenvalue weighted by molar-refractivity contribution is 0.386. The first-order valence-electron chi connectivity index (χ1n) is 8.28. The summed E-state index contributed by atoms with van der Waals surface area (Å²) in [6.45, 7) is 0. The van der Waals surface area contributed by atoms with Crippen molar-refractivity contribution in [2.45, 2.75) is 6.04 Å². The van der Waals surface area contributed by atoms with E-state index in [2.05, 4.69) is 20.5 Å². The van der Waals surface area contributed by atoms with Gasteiger partial charge in [-0.05, 0) is 23.8 Å². The van der Waals surface area contributed by atoms with Crippen molar-refractivity contribution in [3.63, 3.8) is 0 Å². The van der Waals surface area contributed by atoms with Crippen molar-refractivity contribution in [1.82, 2.24) is 15.2 Å². The monoisotopic (exact) mass is 346 g/mol. The van der Waals surface area contributed by atoms with Crippen molar-refractivity contribution < 1.29 is 9.13 Å². The number of para-hydroxylation sites is 1. The number of methoxy groups -OCH3 is 1. The summed E-state index contributed by atoms with van der Waals surface area (Å²) in [5.41, 5.74) is 5.55. The highest BCUT2D eigenvalue weighted by Gasteiger charge is 2.26. The van der Waals surface area contributed by atoms with Crippen LogP contribution in [0.5, 0.6) is 5.75 Å². The Labute approximate surface area is 148 Å². The molecule has 2 aromatic carbocycles. The summed E-state index contributed by atoms with van der Waals surface area (Å²) in [5.74, 6) is -0.155. The third kappa shape index (κ3) is 2.08. The van der Waals surface area contributed by atoms with E-state index in [1.807, 2.05) is 36.5 Å². The Morgan fingerprint density at radius 2 is 2.00 bits per heavy atom. The van der Waals surface area contributed by atoms with Crippen LogP contribution in [0.4, 0.5) is 10.1 Å². The van der Waals surface area contributed by atoms with E-state index in [9.17, 15) is 4.39 Å². The number of nitrogens with one attached hydrogen (secondary N) is 2. The van der Waals surface area contributed by atoms with Crippen LogP contribution < -0.4 is 10.1 Å². The third-order valence-electron chi connectivity index (χ3n) is 4.84. The summed E-state index contributed by atoms with van der Waals surface area (Å²) in [6, 6.07) is 12.8. The van der Waals surface area contributed by atoms with Crippen LogP contribution in [0.2, 0.25) is 0 Å². The number of halogens is 1. The minimum atomic E-state index is -0.385. The van der Waals surface area contributed by atoms with E-state index < -0.39 is 0 Å². The van der Waals surface area contributed by atoms with Gasteiger partial charge in [0.1, 0.15) is 0 Å². The number of anilines is 1. The molecule has 5 rings (SSSR count). The topological polar surface area (TPSA) is 62.8 Å². The molecule has 1 aliphatic rings. The quantitative estimate of drug-likeness (QED) is 0.568. The summed E-state index contributed by atoms with van der Waals surface area (Å²) in [4.78, 5) is 3.18. The molecule has 128 valence electrons. The first-order chi connectivity index (χ1) is 12.8. The fraction of sp³-hybridized carbons (Fsp3) is 0.100. The fourth-order valence-corrected chi connectivity index (χ4v) is 3.63. The minimum absolute atomic E-state index is 0.226. The lowest BCUT2D eigenvalue weighted by Gasteiger charge is -2.20. The van der Waals surface area contributed by atoms with Crippen LogP contribution in [0.3, 0.4) is 0 Å². The summed E-state index contributed by atoms with van der Waals surface area (Å²) >= 11 is 0. The number of nitrogens with zero attached hydrogens (tertiary/aromatic N) is 2. The molecule has 1 aliphatic heterocycles. The molecule has 0 radical (unpaired) electrons. The van der Waals surface area contributed by atoms with Gasteiger partial charge >= 0.3 is 0 Å². The molecule has 0 amide bonds. The summed E-state index contributed by atoms with van der Waals surface area (Å²) in [5, 5.41) is 12.9. The van der Waals surface area contributed by atoms with Crippen molar-refractivity contribution in [2.24, 2.45) is 0 Å². The van der Waals surface area contributed by atoms with Crippen molar-refractivity contribution >= 4 is 16.7 Å². The molecule has 2 N–H and O–H groups in total. The fourth-order valence-electron chi connectivity index (χ4n) is 3.63. The van der Waals surface area contributed by atoms with Crippen LogP contribution >= 0.6 is 0 Å². The van der Waals surface area contributed by atoms with Crippen molar-refractivity contribution in [3.05, 3.63) is 71.8 Å². The molecule has 26 heavy (non-hydrogen) atoms. The Kier molecular flexibility index (Phi) is 3.18. The van der Waals surface area contributed by atoms with Gasteiger partial charge in [-0.2, -0.15) is 5.10 Å². The highest BCUT2D eigenvalue weighted by Crippen LogP contribution is 2.43. The Morgan fingerprint density at radius 3 is 2.85 bits per heavy atom. The van der Waals surface area contributed by atoms with E-state index >= 15 is 0 Å². The van der Waals surface area contributed by atoms with E-state index in [4.69, 9.17) is 4.74 Å². The molecule has 5 nitrogen and oxygen atoms in total. The van der Waals surface area contributed by atoms with Crippen LogP contribution in [-0.2, 0) is 0 Å². The van der Waals surface area contributed by atoms with Crippen LogP contribution in [0.15, 0.2) is 54.9 Å². The van der Waals surface area contributed by atoms with Crippen LogP contribution in [0.1, 0.15) is 17.2 Å². The highest BCUT2D eigenvalue weighted by molar-refractivity contribution is 6.00. The third-order valence-corrected chi connectivity index (χ3v) is 4.84. The second-order valence-electron chi connectivity index (χ2n) is 6.24. The maximum absolute atomic E-state index is 14.3. The minimum Gasteiger partial charge on any atom is -0.494 e. The molecule has 0 spiro atoms. The molecule has 0 fully saturated rings. The molecule has 1 atom stereocenters. The van der Waals surface area contributed by atoms with Crippen molar-refractivity contribution in [2.75, 3.05) is 12.4 Å². The number of hydrogen-bond donors (Lipinski definition) is 2. The van der Waals surface area contributed by atoms with Gasteiger partial charge in [-0.15, -0.1) is 5.10 Å². The molecule has 1 unspecified atom stereocenters. The molecule has 0 saturated carbocycles. The van der Waals surface area contributed by atoms with Gasteiger partial charge in [0.05, 0.1) is 19.3 Å². The molecule has 6 heteroatoms. The predicted molar refractivity (Wildman–Crippen MR) is 97.7 cm³/mol. The lowest BCUT2D eigenvalue weighted by atomic mass is 9.97. The summed E-state index contributed by atoms with van der Waals surface area (Å²) in [6.07, 6.45) is 3.69. The normalized spacial score (nSPS) is 15.2. The second-order valence-corrected chi connectivity index (χ2v) is 6.24. The van der Waals surface area contributed by atoms with Crippen LogP contribution in [0, 0.1) is 5.82 Å². The second kappa shape index (κ2) is 5.56. The first kappa shape index (κ1) is 14.9. The smallest absolute Gasteiger partial charge is 0.165 e. The average Bonchev–Trinajstić information content (AvgIpc) is 3.04. The maximum Gasteiger partial charge on any atom is 0.165 e. The molecule has 3 heterocycles. The number of aromatic nitrogens is 3. The average molecular weight is 346 g/mol. The first-order valence-corrected chi connectivity index (χ1v) is 8.28. The van der Waals surface area contributed by atoms with Crippen LogP contribution in [-0.4, -0.2) is 22.3 Å². The van der Waals surface area contributed by atoms with Crippen LogP contribution in [0.25, 0.3) is 22.2 Å². The number of rotatable bonds is 2. The van der Waals surface area contributed by atoms with Gasteiger partial charge in [0.25, 0.3) is 0 Å². The number of fused-ring (bicyclic) bond motifs is 2. The SMILES string of the molecule is COc1ccc(C2Nc3ccccc3-c3cnnc4[nH]cc2c34)cc1F. The van der Waals surface area contributed by atoms with E-state index in [0.29, 0.717) is 0 Å². The standard InChI is InChI=1S/C20H15FN4O/c1-26-17-7-6-11(8-15(17)21)19-14-9-22-20-18(14)13(10-23-25-20)12-4-2-3-5-16(12)24-19/h2-10,19,24H,1H3,(H,22,25). The largest absolute Gasteiger partial charge is 0.494 e. The Bertz CT molecular complexity index is 1140. The zero-order valence-corrected chi connectivity index (χ0v) is 14.0.